The molecule has 0 bridgehead atoms. The molecule has 11 heteroatoms. The van der Waals surface area contributed by atoms with Crippen LogP contribution in [0.15, 0.2) is 9.59 Å². The van der Waals surface area contributed by atoms with Gasteiger partial charge in [-0.1, -0.05) is 0 Å². The van der Waals surface area contributed by atoms with E-state index in [0.29, 0.717) is 10.2 Å². The van der Waals surface area contributed by atoms with Crippen molar-refractivity contribution in [3.05, 3.63) is 32.3 Å². The smallest absolute Gasteiger partial charge is 0.350 e. The highest BCUT2D eigenvalue weighted by Gasteiger charge is 2.41. The average molecular weight is 424 g/mol. The summed E-state index contributed by atoms with van der Waals surface area (Å²) in [6.07, 6.45) is -0.144. The van der Waals surface area contributed by atoms with Gasteiger partial charge in [-0.25, -0.2) is 14.2 Å². The molecule has 0 amide bonds. The number of nitrogen functional groups attached to an aromatic ring is 1. The van der Waals surface area contributed by atoms with E-state index in [9.17, 15) is 14.0 Å². The molecule has 0 spiro atoms. The Kier molecular flexibility index (Phi) is 5.05. The Morgan fingerprint density at radius 3 is 2.53 bits per heavy atom. The summed E-state index contributed by atoms with van der Waals surface area (Å²) in [5.74, 6) is 4.15. The van der Waals surface area contributed by atoms with E-state index in [-0.39, 0.29) is 42.0 Å². The van der Waals surface area contributed by atoms with Crippen LogP contribution in [0.1, 0.15) is 31.4 Å². The van der Waals surface area contributed by atoms with E-state index in [2.05, 4.69) is 4.98 Å². The number of methoxy groups -OCH3 is 1. The van der Waals surface area contributed by atoms with Gasteiger partial charge in [-0.05, 0) is 26.7 Å². The minimum absolute atomic E-state index is 0.0681. The Balaban J connectivity index is 1.85. The maximum Gasteiger partial charge on any atom is 0.350 e. The lowest BCUT2D eigenvalue weighted by Gasteiger charge is -2.26. The highest BCUT2D eigenvalue weighted by Crippen LogP contribution is 2.39. The first-order chi connectivity index (χ1) is 14.2. The van der Waals surface area contributed by atoms with Gasteiger partial charge in [0.2, 0.25) is 5.95 Å². The van der Waals surface area contributed by atoms with Gasteiger partial charge >= 0.3 is 11.2 Å². The SMILES string of the molecule is COC(C)C(N)C1CN(c2c(F)nc3c(=O)n(N)c(=O)n(C4CC4)c3c2C)CC1F. The Morgan fingerprint density at radius 1 is 1.27 bits per heavy atom. The Bertz CT molecular complexity index is 1110. The van der Waals surface area contributed by atoms with E-state index in [1.54, 1.807) is 18.7 Å². The van der Waals surface area contributed by atoms with Gasteiger partial charge in [0.25, 0.3) is 0 Å². The van der Waals surface area contributed by atoms with E-state index in [4.69, 9.17) is 16.3 Å². The number of nitrogens with zero attached hydrogens (tertiary/aromatic N) is 4. The predicted molar refractivity (Wildman–Crippen MR) is 108 cm³/mol. The lowest BCUT2D eigenvalue weighted by molar-refractivity contribution is 0.0660. The normalized spacial score (nSPS) is 23.9. The number of aryl methyl sites for hydroxylation is 1. The Labute approximate surface area is 171 Å². The third-order valence-corrected chi connectivity index (χ3v) is 6.34. The molecule has 1 aliphatic carbocycles. The van der Waals surface area contributed by atoms with Gasteiger partial charge in [0.1, 0.15) is 6.17 Å². The van der Waals surface area contributed by atoms with Crippen LogP contribution < -0.4 is 27.7 Å². The van der Waals surface area contributed by atoms with Crippen molar-refractivity contribution in [2.24, 2.45) is 11.7 Å². The van der Waals surface area contributed by atoms with Crippen molar-refractivity contribution in [1.82, 2.24) is 14.2 Å². The zero-order valence-electron chi connectivity index (χ0n) is 17.1. The third kappa shape index (κ3) is 3.07. The molecule has 9 nitrogen and oxygen atoms in total. The van der Waals surface area contributed by atoms with Crippen LogP contribution in [0.3, 0.4) is 0 Å². The molecule has 30 heavy (non-hydrogen) atoms. The number of rotatable bonds is 5. The van der Waals surface area contributed by atoms with Crippen molar-refractivity contribution < 1.29 is 13.5 Å². The Morgan fingerprint density at radius 2 is 1.93 bits per heavy atom. The van der Waals surface area contributed by atoms with Crippen LogP contribution >= 0.6 is 0 Å². The quantitative estimate of drug-likeness (QED) is 0.519. The number of alkyl halides is 1. The first kappa shape index (κ1) is 20.7. The van der Waals surface area contributed by atoms with Crippen LogP contribution in [0, 0.1) is 18.8 Å². The lowest BCUT2D eigenvalue weighted by atomic mass is 9.94. The fraction of sp³-hybridized carbons (Fsp3) is 0.632. The standard InChI is InChI=1S/C19H26F2N6O3/c1-8-15-14(18(28)27(23)19(29)26(15)10-4-5-10)24-17(21)16(8)25-6-11(12(20)7-25)13(22)9(2)30-3/h9-13H,4-7,22-23H2,1-3H3. The summed E-state index contributed by atoms with van der Waals surface area (Å²) >= 11 is 0. The molecule has 4 atom stereocenters. The molecule has 0 aromatic carbocycles. The van der Waals surface area contributed by atoms with Gasteiger partial charge in [0.05, 0.1) is 17.3 Å². The molecule has 4 unspecified atom stereocenters. The third-order valence-electron chi connectivity index (χ3n) is 6.34. The second kappa shape index (κ2) is 7.31. The molecule has 2 aromatic heterocycles. The number of hydrogen-bond acceptors (Lipinski definition) is 7. The molecule has 3 heterocycles. The van der Waals surface area contributed by atoms with Crippen molar-refractivity contribution in [2.45, 2.75) is 51.0 Å². The van der Waals surface area contributed by atoms with Crippen LogP contribution in [-0.4, -0.2) is 52.7 Å². The van der Waals surface area contributed by atoms with Gasteiger partial charge < -0.3 is 21.2 Å². The van der Waals surface area contributed by atoms with Gasteiger partial charge in [-0.3, -0.25) is 9.36 Å². The number of anilines is 1. The summed E-state index contributed by atoms with van der Waals surface area (Å²) in [7, 11) is 1.50. The fourth-order valence-corrected chi connectivity index (χ4v) is 4.38. The number of fused-ring (bicyclic) bond motifs is 1. The summed E-state index contributed by atoms with van der Waals surface area (Å²) < 4.78 is 37.0. The molecule has 1 aliphatic heterocycles. The monoisotopic (exact) mass is 424 g/mol. The molecule has 2 aromatic rings. The largest absolute Gasteiger partial charge is 0.380 e. The summed E-state index contributed by atoms with van der Waals surface area (Å²) in [5, 5.41) is 0. The average Bonchev–Trinajstić information content (AvgIpc) is 3.48. The van der Waals surface area contributed by atoms with Crippen LogP contribution in [0.25, 0.3) is 11.0 Å². The summed E-state index contributed by atoms with van der Waals surface area (Å²) in [6.45, 7) is 3.47. The first-order valence-electron chi connectivity index (χ1n) is 9.97. The second-order valence-electron chi connectivity index (χ2n) is 8.24. The minimum atomic E-state index is -1.28. The van der Waals surface area contributed by atoms with Gasteiger partial charge in [-0.15, -0.1) is 0 Å². The first-order valence-corrected chi connectivity index (χ1v) is 9.97. The number of halogens is 2. The van der Waals surface area contributed by atoms with Crippen LogP contribution in [-0.2, 0) is 4.74 Å². The van der Waals surface area contributed by atoms with Gasteiger partial charge in [-0.2, -0.15) is 9.07 Å². The molecule has 4 N–H and O–H groups in total. The van der Waals surface area contributed by atoms with E-state index in [0.717, 1.165) is 12.8 Å². The molecule has 164 valence electrons. The molecule has 4 rings (SSSR count). The van der Waals surface area contributed by atoms with E-state index < -0.39 is 35.3 Å². The van der Waals surface area contributed by atoms with Gasteiger partial charge in [0.15, 0.2) is 5.52 Å². The molecule has 0 radical (unpaired) electrons. The summed E-state index contributed by atoms with van der Waals surface area (Å²) in [5.41, 5.74) is 5.10. The van der Waals surface area contributed by atoms with Crippen LogP contribution in [0.4, 0.5) is 14.5 Å². The molecular formula is C19H26F2N6O3. The van der Waals surface area contributed by atoms with Crippen molar-refractivity contribution in [3.8, 4) is 0 Å². The van der Waals surface area contributed by atoms with Gasteiger partial charge in [0, 0.05) is 43.8 Å². The maximum atomic E-state index is 15.1. The molecule has 1 saturated carbocycles. The highest BCUT2D eigenvalue weighted by atomic mass is 19.1. The van der Waals surface area contributed by atoms with E-state index >= 15 is 4.39 Å². The van der Waals surface area contributed by atoms with E-state index in [1.807, 2.05) is 0 Å². The number of ether oxygens (including phenoxy) is 1. The topological polar surface area (TPSA) is 121 Å². The van der Waals surface area contributed by atoms with E-state index in [1.165, 1.54) is 11.7 Å². The second-order valence-corrected chi connectivity index (χ2v) is 8.24. The molecule has 2 aliphatic rings. The zero-order chi connectivity index (χ0) is 21.9. The molecular weight excluding hydrogens is 398 g/mol. The summed E-state index contributed by atoms with van der Waals surface area (Å²) in [6, 6.07) is -0.689. The molecule has 2 fully saturated rings. The van der Waals surface area contributed by atoms with Crippen LogP contribution in [0.5, 0.6) is 0 Å². The lowest BCUT2D eigenvalue weighted by Crippen LogP contribution is -2.45. The number of aromatic nitrogens is 3. The Hall–Kier alpha value is -2.53. The van der Waals surface area contributed by atoms with Crippen molar-refractivity contribution in [1.29, 1.82) is 0 Å². The molecule has 1 saturated heterocycles. The number of nitrogens with two attached hydrogens (primary N) is 2. The number of hydrogen-bond donors (Lipinski definition) is 2. The zero-order valence-corrected chi connectivity index (χ0v) is 17.1. The minimum Gasteiger partial charge on any atom is -0.380 e. The maximum absolute atomic E-state index is 15.1. The number of pyridine rings is 1. The van der Waals surface area contributed by atoms with Crippen molar-refractivity contribution in [2.75, 3.05) is 30.9 Å². The van der Waals surface area contributed by atoms with Crippen molar-refractivity contribution in [3.63, 3.8) is 0 Å². The highest BCUT2D eigenvalue weighted by molar-refractivity contribution is 5.83. The summed E-state index contributed by atoms with van der Waals surface area (Å²) in [4.78, 5) is 30.5. The van der Waals surface area contributed by atoms with Crippen molar-refractivity contribution >= 4 is 16.7 Å². The van der Waals surface area contributed by atoms with Crippen LogP contribution in [0.2, 0.25) is 0 Å². The fourth-order valence-electron chi connectivity index (χ4n) is 4.38. The predicted octanol–water partition coefficient (Wildman–Crippen LogP) is 0.191.